The van der Waals surface area contributed by atoms with Gasteiger partial charge in [-0.2, -0.15) is 0 Å². The first-order chi connectivity index (χ1) is 8.59. The second-order valence-electron chi connectivity index (χ2n) is 4.38. The zero-order valence-corrected chi connectivity index (χ0v) is 10.6. The van der Waals surface area contributed by atoms with E-state index in [1.54, 1.807) is 12.1 Å². The summed E-state index contributed by atoms with van der Waals surface area (Å²) in [6.07, 6.45) is 0. The van der Waals surface area contributed by atoms with Crippen molar-refractivity contribution in [1.82, 2.24) is 0 Å². The summed E-state index contributed by atoms with van der Waals surface area (Å²) >= 11 is 0. The van der Waals surface area contributed by atoms with Crippen LogP contribution in [-0.2, 0) is 0 Å². The normalized spacial score (nSPS) is 12.2. The lowest BCUT2D eigenvalue weighted by molar-refractivity contribution is 0.628. The molecule has 2 rings (SSSR count). The van der Waals surface area contributed by atoms with E-state index in [1.165, 1.54) is 12.1 Å². The Balaban J connectivity index is 2.39. The summed E-state index contributed by atoms with van der Waals surface area (Å²) in [6.45, 7) is 1.96. The number of hydrogen-bond donors (Lipinski definition) is 1. The van der Waals surface area contributed by atoms with Crippen LogP contribution in [0.25, 0.3) is 0 Å². The molecule has 0 bridgehead atoms. The number of nitrogens with two attached hydrogens (primary N) is 1. The van der Waals surface area contributed by atoms with E-state index in [0.717, 1.165) is 16.9 Å². The van der Waals surface area contributed by atoms with Gasteiger partial charge in [0, 0.05) is 24.5 Å². The minimum absolute atomic E-state index is 0.0379. The van der Waals surface area contributed by atoms with Crippen LogP contribution in [-0.4, -0.2) is 7.05 Å². The van der Waals surface area contributed by atoms with E-state index >= 15 is 0 Å². The minimum Gasteiger partial charge on any atom is -0.344 e. The zero-order chi connectivity index (χ0) is 13.1. The molecular weight excluding hydrogens is 227 g/mol. The van der Waals surface area contributed by atoms with Crippen LogP contribution >= 0.6 is 0 Å². The van der Waals surface area contributed by atoms with Crippen molar-refractivity contribution < 1.29 is 4.39 Å². The number of halogens is 1. The summed E-state index contributed by atoms with van der Waals surface area (Å²) in [7, 11) is 1.95. The molecule has 0 aliphatic rings. The predicted octanol–water partition coefficient (Wildman–Crippen LogP) is 3.61. The Hall–Kier alpha value is -1.87. The van der Waals surface area contributed by atoms with Crippen LogP contribution in [0.1, 0.15) is 18.5 Å². The summed E-state index contributed by atoms with van der Waals surface area (Å²) in [4.78, 5) is 2.01. The SMILES string of the molecule is C[C@H](N)c1ccccc1N(C)c1ccc(F)cc1. The van der Waals surface area contributed by atoms with Crippen LogP contribution in [0, 0.1) is 5.82 Å². The van der Waals surface area contributed by atoms with Crippen molar-refractivity contribution in [3.63, 3.8) is 0 Å². The smallest absolute Gasteiger partial charge is 0.123 e. The quantitative estimate of drug-likeness (QED) is 0.893. The monoisotopic (exact) mass is 244 g/mol. The van der Waals surface area contributed by atoms with E-state index in [-0.39, 0.29) is 11.9 Å². The van der Waals surface area contributed by atoms with Gasteiger partial charge in [-0.15, -0.1) is 0 Å². The van der Waals surface area contributed by atoms with Crippen molar-refractivity contribution in [3.05, 3.63) is 59.9 Å². The molecule has 2 nitrogen and oxygen atoms in total. The lowest BCUT2D eigenvalue weighted by Gasteiger charge is -2.24. The molecule has 2 aromatic carbocycles. The second-order valence-corrected chi connectivity index (χ2v) is 4.38. The third-order valence-corrected chi connectivity index (χ3v) is 3.00. The van der Waals surface area contributed by atoms with E-state index in [2.05, 4.69) is 0 Å². The highest BCUT2D eigenvalue weighted by molar-refractivity contribution is 5.66. The molecule has 2 aromatic rings. The van der Waals surface area contributed by atoms with Gasteiger partial charge in [0.05, 0.1) is 0 Å². The van der Waals surface area contributed by atoms with Crippen LogP contribution in [0.5, 0.6) is 0 Å². The van der Waals surface area contributed by atoms with Gasteiger partial charge in [-0.25, -0.2) is 4.39 Å². The molecule has 0 saturated heterocycles. The Morgan fingerprint density at radius 2 is 1.67 bits per heavy atom. The first-order valence-corrected chi connectivity index (χ1v) is 5.93. The van der Waals surface area contributed by atoms with Gasteiger partial charge in [0.1, 0.15) is 5.82 Å². The highest BCUT2D eigenvalue weighted by Crippen LogP contribution is 2.29. The first-order valence-electron chi connectivity index (χ1n) is 5.93. The minimum atomic E-state index is -0.229. The molecule has 0 amide bonds. The average molecular weight is 244 g/mol. The largest absolute Gasteiger partial charge is 0.344 e. The van der Waals surface area contributed by atoms with Gasteiger partial charge in [-0.05, 0) is 42.8 Å². The van der Waals surface area contributed by atoms with Gasteiger partial charge in [-0.1, -0.05) is 18.2 Å². The Labute approximate surface area is 107 Å². The predicted molar refractivity (Wildman–Crippen MR) is 73.5 cm³/mol. The number of nitrogens with zero attached hydrogens (tertiary/aromatic N) is 1. The Morgan fingerprint density at radius 3 is 2.28 bits per heavy atom. The maximum absolute atomic E-state index is 12.9. The van der Waals surface area contributed by atoms with Crippen molar-refractivity contribution in [2.75, 3.05) is 11.9 Å². The number of rotatable bonds is 3. The van der Waals surface area contributed by atoms with Gasteiger partial charge in [0.25, 0.3) is 0 Å². The molecule has 94 valence electrons. The Kier molecular flexibility index (Phi) is 3.63. The number of para-hydroxylation sites is 1. The van der Waals surface area contributed by atoms with Gasteiger partial charge in [0.15, 0.2) is 0 Å². The Morgan fingerprint density at radius 1 is 1.06 bits per heavy atom. The molecule has 3 heteroatoms. The van der Waals surface area contributed by atoms with Gasteiger partial charge in [0.2, 0.25) is 0 Å². The lowest BCUT2D eigenvalue weighted by atomic mass is 10.1. The van der Waals surface area contributed by atoms with Crippen LogP contribution in [0.2, 0.25) is 0 Å². The fraction of sp³-hybridized carbons (Fsp3) is 0.200. The summed E-state index contributed by atoms with van der Waals surface area (Å²) in [5, 5.41) is 0. The lowest BCUT2D eigenvalue weighted by Crippen LogP contribution is -2.15. The van der Waals surface area contributed by atoms with Crippen molar-refractivity contribution in [3.8, 4) is 0 Å². The van der Waals surface area contributed by atoms with Gasteiger partial charge in [-0.3, -0.25) is 0 Å². The van der Waals surface area contributed by atoms with Crippen molar-refractivity contribution >= 4 is 11.4 Å². The number of benzene rings is 2. The van der Waals surface area contributed by atoms with Gasteiger partial charge < -0.3 is 10.6 Å². The molecule has 18 heavy (non-hydrogen) atoms. The van der Waals surface area contributed by atoms with Gasteiger partial charge >= 0.3 is 0 Å². The molecule has 0 aromatic heterocycles. The number of hydrogen-bond acceptors (Lipinski definition) is 2. The van der Waals surface area contributed by atoms with Crippen LogP contribution in [0.4, 0.5) is 15.8 Å². The molecule has 0 unspecified atom stereocenters. The zero-order valence-electron chi connectivity index (χ0n) is 10.6. The summed E-state index contributed by atoms with van der Waals surface area (Å²) in [6, 6.07) is 14.4. The average Bonchev–Trinajstić information content (AvgIpc) is 2.39. The summed E-state index contributed by atoms with van der Waals surface area (Å²) in [5.74, 6) is -0.229. The summed E-state index contributed by atoms with van der Waals surface area (Å²) < 4.78 is 12.9. The molecule has 1 atom stereocenters. The molecule has 0 spiro atoms. The van der Waals surface area contributed by atoms with E-state index in [0.29, 0.717) is 0 Å². The molecular formula is C15H17FN2. The summed E-state index contributed by atoms with van der Waals surface area (Å²) in [5.41, 5.74) is 9.02. The van der Waals surface area contributed by atoms with Crippen LogP contribution in [0.3, 0.4) is 0 Å². The van der Waals surface area contributed by atoms with Crippen LogP contribution in [0.15, 0.2) is 48.5 Å². The van der Waals surface area contributed by atoms with Crippen molar-refractivity contribution in [2.45, 2.75) is 13.0 Å². The highest BCUT2D eigenvalue weighted by atomic mass is 19.1. The third-order valence-electron chi connectivity index (χ3n) is 3.00. The van der Waals surface area contributed by atoms with E-state index in [9.17, 15) is 4.39 Å². The topological polar surface area (TPSA) is 29.3 Å². The maximum Gasteiger partial charge on any atom is 0.123 e. The molecule has 0 saturated carbocycles. The molecule has 0 fully saturated rings. The van der Waals surface area contributed by atoms with Crippen molar-refractivity contribution in [1.29, 1.82) is 0 Å². The molecule has 0 radical (unpaired) electrons. The second kappa shape index (κ2) is 5.19. The van der Waals surface area contributed by atoms with Crippen molar-refractivity contribution in [2.24, 2.45) is 5.73 Å². The van der Waals surface area contributed by atoms with E-state index in [4.69, 9.17) is 5.73 Å². The van der Waals surface area contributed by atoms with E-state index < -0.39 is 0 Å². The fourth-order valence-corrected chi connectivity index (χ4v) is 1.98. The third kappa shape index (κ3) is 2.51. The molecule has 0 heterocycles. The standard InChI is InChI=1S/C15H17FN2/c1-11(17)14-5-3-4-6-15(14)18(2)13-9-7-12(16)8-10-13/h3-11H,17H2,1-2H3/t11-/m0/s1. The number of anilines is 2. The maximum atomic E-state index is 12.9. The Bertz CT molecular complexity index is 520. The molecule has 0 aliphatic carbocycles. The fourth-order valence-electron chi connectivity index (χ4n) is 1.98. The first kappa shape index (κ1) is 12.6. The van der Waals surface area contributed by atoms with Crippen LogP contribution < -0.4 is 10.6 Å². The van der Waals surface area contributed by atoms with E-state index in [1.807, 2.05) is 43.1 Å². The molecule has 2 N–H and O–H groups in total. The highest BCUT2D eigenvalue weighted by Gasteiger charge is 2.11. The molecule has 0 aliphatic heterocycles.